The van der Waals surface area contributed by atoms with Crippen LogP contribution in [0.1, 0.15) is 26.2 Å². The minimum Gasteiger partial charge on any atom is -0.399 e. The van der Waals surface area contributed by atoms with Gasteiger partial charge in [0.15, 0.2) is 0 Å². The number of hydrogen-bond donors (Lipinski definition) is 3. The molecule has 0 aliphatic heterocycles. The van der Waals surface area contributed by atoms with Crippen LogP contribution < -0.4 is 11.1 Å². The average molecular weight is 257 g/mol. The molecule has 4 N–H and O–H groups in total. The highest BCUT2D eigenvalue weighted by atomic mass is 35.5. The number of hydrogen-bond acceptors (Lipinski definition) is 3. The molecule has 0 spiro atoms. The van der Waals surface area contributed by atoms with Crippen molar-refractivity contribution in [2.75, 3.05) is 24.2 Å². The third-order valence-corrected chi connectivity index (χ3v) is 3.12. The molecule has 0 saturated carbocycles. The summed E-state index contributed by atoms with van der Waals surface area (Å²) in [7, 11) is 0. The molecule has 0 fully saturated rings. The number of anilines is 2. The highest BCUT2D eigenvalue weighted by molar-refractivity contribution is 6.33. The molecule has 4 heteroatoms. The first-order chi connectivity index (χ1) is 8.17. The summed E-state index contributed by atoms with van der Waals surface area (Å²) in [6, 6.07) is 5.46. The van der Waals surface area contributed by atoms with Crippen LogP contribution in [0.4, 0.5) is 11.4 Å². The highest BCUT2D eigenvalue weighted by Gasteiger charge is 2.08. The molecule has 0 aliphatic carbocycles. The van der Waals surface area contributed by atoms with E-state index in [-0.39, 0.29) is 6.61 Å². The minimum atomic E-state index is 0.238. The van der Waals surface area contributed by atoms with Crippen LogP contribution in [0.15, 0.2) is 18.2 Å². The largest absolute Gasteiger partial charge is 0.399 e. The van der Waals surface area contributed by atoms with Crippen LogP contribution in [0.3, 0.4) is 0 Å². The van der Waals surface area contributed by atoms with Gasteiger partial charge in [0.2, 0.25) is 0 Å². The van der Waals surface area contributed by atoms with Crippen molar-refractivity contribution >= 4 is 23.0 Å². The van der Waals surface area contributed by atoms with Crippen molar-refractivity contribution in [1.29, 1.82) is 0 Å². The third-order valence-electron chi connectivity index (χ3n) is 2.81. The predicted molar refractivity (Wildman–Crippen MR) is 74.5 cm³/mol. The monoisotopic (exact) mass is 256 g/mol. The van der Waals surface area contributed by atoms with Crippen molar-refractivity contribution in [2.24, 2.45) is 5.92 Å². The minimum absolute atomic E-state index is 0.238. The Morgan fingerprint density at radius 2 is 2.18 bits per heavy atom. The summed E-state index contributed by atoms with van der Waals surface area (Å²) in [4.78, 5) is 0. The zero-order valence-corrected chi connectivity index (χ0v) is 11.0. The maximum Gasteiger partial charge on any atom is 0.0657 e. The van der Waals surface area contributed by atoms with E-state index < -0.39 is 0 Å². The fourth-order valence-corrected chi connectivity index (χ4v) is 2.12. The zero-order chi connectivity index (χ0) is 12.7. The van der Waals surface area contributed by atoms with Crippen LogP contribution in [0.2, 0.25) is 5.02 Å². The molecule has 0 saturated heterocycles. The van der Waals surface area contributed by atoms with Gasteiger partial charge in [-0.05, 0) is 37.0 Å². The summed E-state index contributed by atoms with van der Waals surface area (Å²) in [5.41, 5.74) is 7.20. The fourth-order valence-electron chi connectivity index (χ4n) is 1.87. The standard InChI is InChI=1S/C13H21ClN2O/c1-2-3-10(6-7-17)9-16-13-5-4-11(15)8-12(13)14/h4-5,8,10,16-17H,2-3,6-7,9,15H2,1H3. The van der Waals surface area contributed by atoms with E-state index in [4.69, 9.17) is 22.4 Å². The summed E-state index contributed by atoms with van der Waals surface area (Å²) >= 11 is 6.08. The lowest BCUT2D eigenvalue weighted by atomic mass is 10.0. The molecule has 17 heavy (non-hydrogen) atoms. The average Bonchev–Trinajstić information content (AvgIpc) is 2.28. The summed E-state index contributed by atoms with van der Waals surface area (Å²) in [6.07, 6.45) is 3.06. The lowest BCUT2D eigenvalue weighted by Gasteiger charge is -2.17. The van der Waals surface area contributed by atoms with Gasteiger partial charge in [-0.15, -0.1) is 0 Å². The number of aliphatic hydroxyl groups is 1. The fraction of sp³-hybridized carbons (Fsp3) is 0.538. The number of halogens is 1. The Kier molecular flexibility index (Phi) is 6.16. The third kappa shape index (κ3) is 4.84. The summed E-state index contributed by atoms with van der Waals surface area (Å²) in [5.74, 6) is 0.485. The van der Waals surface area contributed by atoms with E-state index in [0.717, 1.165) is 31.5 Å². The first kappa shape index (κ1) is 14.1. The second kappa shape index (κ2) is 7.41. The molecule has 0 aliphatic rings. The van der Waals surface area contributed by atoms with Gasteiger partial charge in [0.05, 0.1) is 10.7 Å². The topological polar surface area (TPSA) is 58.3 Å². The number of rotatable bonds is 7. The molecule has 1 rings (SSSR count). The zero-order valence-electron chi connectivity index (χ0n) is 10.2. The molecule has 96 valence electrons. The van der Waals surface area contributed by atoms with E-state index in [1.165, 1.54) is 0 Å². The van der Waals surface area contributed by atoms with E-state index in [0.29, 0.717) is 16.6 Å². The summed E-state index contributed by atoms with van der Waals surface area (Å²) < 4.78 is 0. The quantitative estimate of drug-likeness (QED) is 0.657. The molecule has 0 aromatic heterocycles. The van der Waals surface area contributed by atoms with Crippen LogP contribution in [0, 0.1) is 5.92 Å². The van der Waals surface area contributed by atoms with Crippen LogP contribution in [0.5, 0.6) is 0 Å². The molecule has 0 radical (unpaired) electrons. The number of aliphatic hydroxyl groups excluding tert-OH is 1. The molecular formula is C13H21ClN2O. The Morgan fingerprint density at radius 1 is 1.41 bits per heavy atom. The Labute approximate surface area is 108 Å². The van der Waals surface area contributed by atoms with Gasteiger partial charge in [0.25, 0.3) is 0 Å². The molecule has 0 bridgehead atoms. The van der Waals surface area contributed by atoms with E-state index in [9.17, 15) is 0 Å². The van der Waals surface area contributed by atoms with Crippen molar-refractivity contribution in [2.45, 2.75) is 26.2 Å². The van der Waals surface area contributed by atoms with Crippen LogP contribution in [0.25, 0.3) is 0 Å². The normalized spacial score (nSPS) is 12.4. The van der Waals surface area contributed by atoms with Crippen molar-refractivity contribution in [3.63, 3.8) is 0 Å². The van der Waals surface area contributed by atoms with Gasteiger partial charge in [-0.25, -0.2) is 0 Å². The molecule has 0 heterocycles. The lowest BCUT2D eigenvalue weighted by Crippen LogP contribution is -2.15. The van der Waals surface area contributed by atoms with Gasteiger partial charge < -0.3 is 16.2 Å². The second-order valence-electron chi connectivity index (χ2n) is 4.29. The number of nitrogen functional groups attached to an aromatic ring is 1. The first-order valence-corrected chi connectivity index (χ1v) is 6.45. The van der Waals surface area contributed by atoms with Gasteiger partial charge in [-0.3, -0.25) is 0 Å². The number of benzene rings is 1. The van der Waals surface area contributed by atoms with Gasteiger partial charge in [-0.1, -0.05) is 24.9 Å². The van der Waals surface area contributed by atoms with Gasteiger partial charge in [0.1, 0.15) is 0 Å². The van der Waals surface area contributed by atoms with E-state index in [2.05, 4.69) is 12.2 Å². The maximum atomic E-state index is 8.98. The highest BCUT2D eigenvalue weighted by Crippen LogP contribution is 2.24. The van der Waals surface area contributed by atoms with Crippen molar-refractivity contribution in [3.05, 3.63) is 23.2 Å². The molecule has 0 amide bonds. The Morgan fingerprint density at radius 3 is 2.76 bits per heavy atom. The van der Waals surface area contributed by atoms with Crippen LogP contribution in [-0.4, -0.2) is 18.3 Å². The molecule has 3 nitrogen and oxygen atoms in total. The maximum absolute atomic E-state index is 8.98. The molecule has 1 atom stereocenters. The molecular weight excluding hydrogens is 236 g/mol. The van der Waals surface area contributed by atoms with Crippen molar-refractivity contribution in [3.8, 4) is 0 Å². The number of nitrogens with one attached hydrogen (secondary N) is 1. The van der Waals surface area contributed by atoms with Crippen LogP contribution >= 0.6 is 11.6 Å². The predicted octanol–water partition coefficient (Wildman–Crippen LogP) is 3.13. The summed E-state index contributed by atoms with van der Waals surface area (Å²) in [6.45, 7) is 3.22. The number of nitrogens with two attached hydrogens (primary N) is 1. The second-order valence-corrected chi connectivity index (χ2v) is 4.69. The Balaban J connectivity index is 2.52. The smallest absolute Gasteiger partial charge is 0.0657 e. The van der Waals surface area contributed by atoms with Crippen molar-refractivity contribution < 1.29 is 5.11 Å². The van der Waals surface area contributed by atoms with Crippen LogP contribution in [-0.2, 0) is 0 Å². The van der Waals surface area contributed by atoms with Gasteiger partial charge >= 0.3 is 0 Å². The van der Waals surface area contributed by atoms with E-state index >= 15 is 0 Å². The molecule has 1 unspecified atom stereocenters. The van der Waals surface area contributed by atoms with E-state index in [1.807, 2.05) is 12.1 Å². The Hall–Kier alpha value is -0.930. The SMILES string of the molecule is CCCC(CCO)CNc1ccc(N)cc1Cl. The van der Waals surface area contributed by atoms with E-state index in [1.54, 1.807) is 6.07 Å². The lowest BCUT2D eigenvalue weighted by molar-refractivity contribution is 0.255. The van der Waals surface area contributed by atoms with Gasteiger partial charge in [-0.2, -0.15) is 0 Å². The first-order valence-electron chi connectivity index (χ1n) is 6.07. The molecule has 1 aromatic rings. The summed E-state index contributed by atoms with van der Waals surface area (Å²) in [5, 5.41) is 12.9. The van der Waals surface area contributed by atoms with Crippen molar-refractivity contribution in [1.82, 2.24) is 0 Å². The Bertz CT molecular complexity index is 338. The molecule has 1 aromatic carbocycles. The van der Waals surface area contributed by atoms with Gasteiger partial charge in [0, 0.05) is 18.8 Å².